The highest BCUT2D eigenvalue weighted by Crippen LogP contribution is 2.30. The summed E-state index contributed by atoms with van der Waals surface area (Å²) in [5, 5.41) is 5.92. The van der Waals surface area contributed by atoms with Crippen molar-refractivity contribution in [3.63, 3.8) is 0 Å². The van der Waals surface area contributed by atoms with Crippen molar-refractivity contribution in [3.05, 3.63) is 37.0 Å². The molecule has 2 N–H and O–H groups in total. The lowest BCUT2D eigenvalue weighted by Gasteiger charge is -2.41. The second-order valence-corrected chi connectivity index (χ2v) is 17.5. The predicted molar refractivity (Wildman–Crippen MR) is 226 cm³/mol. The van der Waals surface area contributed by atoms with E-state index in [1.165, 1.54) is 7.11 Å². The molecule has 57 heavy (non-hydrogen) atoms. The summed E-state index contributed by atoms with van der Waals surface area (Å²) in [6.45, 7) is 26.9. The number of nitrogens with zero attached hydrogens (tertiary/aromatic N) is 3. The highest BCUT2D eigenvalue weighted by Gasteiger charge is 2.43. The van der Waals surface area contributed by atoms with Gasteiger partial charge in [0.25, 0.3) is 0 Å². The van der Waals surface area contributed by atoms with E-state index in [2.05, 4.69) is 23.8 Å². The molecule has 1 aliphatic heterocycles. The first-order valence-electron chi connectivity index (χ1n) is 20.6. The van der Waals surface area contributed by atoms with Gasteiger partial charge in [-0.2, -0.15) is 0 Å². The van der Waals surface area contributed by atoms with Gasteiger partial charge in [0.15, 0.2) is 0 Å². The number of likely N-dealkylation sites (tertiary alicyclic amines) is 1. The summed E-state index contributed by atoms with van der Waals surface area (Å²) in [6.07, 6.45) is 5.78. The fraction of sp³-hybridized carbons (Fsp3) is 0.750. The van der Waals surface area contributed by atoms with Crippen LogP contribution in [0.15, 0.2) is 37.0 Å². The van der Waals surface area contributed by atoms with E-state index in [1.807, 2.05) is 60.5 Å². The largest absolute Gasteiger partial charge is 0.458 e. The van der Waals surface area contributed by atoms with Gasteiger partial charge in [-0.15, -0.1) is 0 Å². The lowest BCUT2D eigenvalue weighted by atomic mass is 9.89. The maximum absolute atomic E-state index is 14.3. The number of nitrogens with one attached hydrogen (secondary N) is 2. The SMILES string of the molecule is C=C/C=C(\C=C)CC(NC(=O)C(C)C(OC)C1CCCN1C(=O)CC(OC)C(C(C)CC)N(C)C(=O)[C@@H](NC(=O)C(C(C)C)N(C)C)C(C)C)C(=O)OC(C)(C)C. The number of hydrogen-bond acceptors (Lipinski definition) is 9. The molecule has 0 saturated carbocycles. The van der Waals surface area contributed by atoms with E-state index >= 15 is 0 Å². The maximum atomic E-state index is 14.3. The van der Waals surface area contributed by atoms with Crippen molar-refractivity contribution in [1.82, 2.24) is 25.3 Å². The molecule has 1 fully saturated rings. The molecule has 0 spiro atoms. The summed E-state index contributed by atoms with van der Waals surface area (Å²) in [7, 11) is 8.49. The van der Waals surface area contributed by atoms with Crippen LogP contribution in [0, 0.1) is 23.7 Å². The van der Waals surface area contributed by atoms with E-state index < -0.39 is 65.8 Å². The zero-order valence-corrected chi connectivity index (χ0v) is 37.8. The van der Waals surface area contributed by atoms with E-state index in [-0.39, 0.29) is 48.3 Å². The van der Waals surface area contributed by atoms with E-state index in [0.29, 0.717) is 25.0 Å². The van der Waals surface area contributed by atoms with E-state index in [4.69, 9.17) is 14.2 Å². The van der Waals surface area contributed by atoms with Crippen LogP contribution >= 0.6 is 0 Å². The summed E-state index contributed by atoms with van der Waals surface area (Å²) < 4.78 is 17.6. The Morgan fingerprint density at radius 2 is 1.51 bits per heavy atom. The van der Waals surface area contributed by atoms with Gasteiger partial charge in [-0.25, -0.2) is 4.79 Å². The third-order valence-electron chi connectivity index (χ3n) is 11.0. The Bertz CT molecular complexity index is 1380. The number of carbonyl (C=O) groups is 5. The number of esters is 1. The van der Waals surface area contributed by atoms with Crippen LogP contribution in [-0.4, -0.2) is 134 Å². The molecule has 9 atom stereocenters. The fourth-order valence-electron chi connectivity index (χ4n) is 7.89. The van der Waals surface area contributed by atoms with Gasteiger partial charge in [-0.05, 0) is 71.0 Å². The first-order chi connectivity index (χ1) is 26.5. The van der Waals surface area contributed by atoms with Crippen molar-refractivity contribution in [2.24, 2.45) is 23.7 Å². The Labute approximate surface area is 344 Å². The average Bonchev–Trinajstić information content (AvgIpc) is 3.61. The maximum Gasteiger partial charge on any atom is 0.329 e. The molecule has 1 saturated heterocycles. The van der Waals surface area contributed by atoms with E-state index in [0.717, 1.165) is 6.42 Å². The van der Waals surface area contributed by atoms with Crippen molar-refractivity contribution in [1.29, 1.82) is 0 Å². The standard InChI is InChI=1S/C44H77N5O8/c1-18-22-31(20-3)25-32(43(54)57-44(10,11)12)45-40(51)30(9)39(56-17)33-23-21-24-49(33)35(50)26-34(55-16)38(29(8)19-2)48(15)42(53)36(27(4)5)46-41(52)37(28(6)7)47(13)14/h18,20,22,27-30,32-34,36-39H,1,3,19,21,23-26H2,2,4-17H3,(H,45,51)(H,46,52)/b31-22+/t29?,30?,32?,33?,34?,36-,37?,38?,39?/m0/s1. The summed E-state index contributed by atoms with van der Waals surface area (Å²) in [6, 6.07) is -3.08. The Morgan fingerprint density at radius 1 is 0.895 bits per heavy atom. The van der Waals surface area contributed by atoms with Crippen LogP contribution in [0.25, 0.3) is 0 Å². The van der Waals surface area contributed by atoms with Crippen LogP contribution in [0.4, 0.5) is 0 Å². The normalized spacial score (nSPS) is 19.2. The van der Waals surface area contributed by atoms with Crippen molar-refractivity contribution in [2.45, 2.75) is 149 Å². The van der Waals surface area contributed by atoms with Gasteiger partial charge in [0.05, 0.1) is 42.7 Å². The first kappa shape index (κ1) is 51.5. The summed E-state index contributed by atoms with van der Waals surface area (Å²) in [4.78, 5) is 74.4. The Kier molecular flexibility index (Phi) is 21.5. The van der Waals surface area contributed by atoms with Gasteiger partial charge in [0, 0.05) is 34.2 Å². The molecular formula is C44H77N5O8. The van der Waals surface area contributed by atoms with Crippen LogP contribution in [0.3, 0.4) is 0 Å². The van der Waals surface area contributed by atoms with Gasteiger partial charge in [0.1, 0.15) is 17.7 Å². The first-order valence-corrected chi connectivity index (χ1v) is 20.6. The van der Waals surface area contributed by atoms with Crippen molar-refractivity contribution >= 4 is 29.6 Å². The monoisotopic (exact) mass is 804 g/mol. The number of hydrogen-bond donors (Lipinski definition) is 2. The number of carbonyl (C=O) groups excluding carboxylic acids is 5. The molecule has 8 unspecified atom stereocenters. The highest BCUT2D eigenvalue weighted by atomic mass is 16.6. The molecule has 0 aromatic heterocycles. The number of amides is 4. The van der Waals surface area contributed by atoms with Crippen LogP contribution in [0.5, 0.6) is 0 Å². The second kappa shape index (κ2) is 23.8. The molecule has 13 nitrogen and oxygen atoms in total. The Morgan fingerprint density at radius 3 is 1.96 bits per heavy atom. The zero-order chi connectivity index (χ0) is 43.9. The molecule has 1 rings (SSSR count). The molecule has 0 bridgehead atoms. The van der Waals surface area contributed by atoms with Crippen molar-refractivity contribution in [3.8, 4) is 0 Å². The molecule has 1 aliphatic rings. The number of likely N-dealkylation sites (N-methyl/N-ethyl adjacent to an activating group) is 2. The van der Waals surface area contributed by atoms with Gasteiger partial charge in [-0.3, -0.25) is 24.1 Å². The van der Waals surface area contributed by atoms with Gasteiger partial charge >= 0.3 is 5.97 Å². The van der Waals surface area contributed by atoms with Gasteiger partial charge < -0.3 is 34.6 Å². The third kappa shape index (κ3) is 15.0. The molecule has 0 aromatic rings. The smallest absolute Gasteiger partial charge is 0.329 e. The average molecular weight is 804 g/mol. The molecule has 4 amide bonds. The quantitative estimate of drug-likeness (QED) is 0.106. The number of rotatable bonds is 23. The summed E-state index contributed by atoms with van der Waals surface area (Å²) >= 11 is 0. The third-order valence-corrected chi connectivity index (χ3v) is 11.0. The second-order valence-electron chi connectivity index (χ2n) is 17.5. The van der Waals surface area contributed by atoms with Crippen molar-refractivity contribution < 1.29 is 38.2 Å². The number of allylic oxidation sites excluding steroid dienone is 3. The fourth-order valence-corrected chi connectivity index (χ4v) is 7.89. The lowest BCUT2D eigenvalue weighted by Crippen LogP contribution is -2.59. The minimum Gasteiger partial charge on any atom is -0.458 e. The predicted octanol–water partition coefficient (Wildman–Crippen LogP) is 5.15. The minimum absolute atomic E-state index is 0.00786. The molecule has 326 valence electrons. The Hall–Kier alpha value is -3.55. The number of ether oxygens (including phenoxy) is 3. The molecule has 0 aliphatic carbocycles. The van der Waals surface area contributed by atoms with Crippen LogP contribution < -0.4 is 10.6 Å². The van der Waals surface area contributed by atoms with Crippen LogP contribution in [-0.2, 0) is 38.2 Å². The minimum atomic E-state index is -0.991. The summed E-state index contributed by atoms with van der Waals surface area (Å²) in [5.74, 6) is -2.57. The van der Waals surface area contributed by atoms with E-state index in [1.54, 1.807) is 69.9 Å². The molecule has 0 aromatic carbocycles. The Balaban J connectivity index is 3.36. The number of methoxy groups -OCH3 is 2. The topological polar surface area (TPSA) is 147 Å². The summed E-state index contributed by atoms with van der Waals surface area (Å²) in [5.41, 5.74) is -0.0679. The van der Waals surface area contributed by atoms with Gasteiger partial charge in [-0.1, -0.05) is 86.3 Å². The van der Waals surface area contributed by atoms with Crippen LogP contribution in [0.1, 0.15) is 101 Å². The molecule has 1 heterocycles. The van der Waals surface area contributed by atoms with Gasteiger partial charge in [0.2, 0.25) is 23.6 Å². The van der Waals surface area contributed by atoms with Crippen LogP contribution in [0.2, 0.25) is 0 Å². The lowest BCUT2D eigenvalue weighted by molar-refractivity contribution is -0.159. The van der Waals surface area contributed by atoms with E-state index in [9.17, 15) is 24.0 Å². The zero-order valence-electron chi connectivity index (χ0n) is 37.8. The molecule has 13 heteroatoms. The highest BCUT2D eigenvalue weighted by molar-refractivity contribution is 5.90. The van der Waals surface area contributed by atoms with Crippen molar-refractivity contribution in [2.75, 3.05) is 41.9 Å². The molecular weight excluding hydrogens is 727 g/mol. The molecule has 0 radical (unpaired) electrons.